The lowest BCUT2D eigenvalue weighted by molar-refractivity contribution is 0.133. The third-order valence-corrected chi connectivity index (χ3v) is 6.94. The summed E-state index contributed by atoms with van der Waals surface area (Å²) in [5.41, 5.74) is 3.67. The van der Waals surface area contributed by atoms with Gasteiger partial charge in [0.2, 0.25) is 5.65 Å². The lowest BCUT2D eigenvalue weighted by Gasteiger charge is -2.39. The summed E-state index contributed by atoms with van der Waals surface area (Å²) < 4.78 is 7.63. The van der Waals surface area contributed by atoms with E-state index in [0.29, 0.717) is 15.5 Å². The molecule has 0 bridgehead atoms. The predicted molar refractivity (Wildman–Crippen MR) is 110 cm³/mol. The fraction of sp³-hybridized carbons (Fsp3) is 0.450. The Balaban J connectivity index is 1.56. The average Bonchev–Trinajstić information content (AvgIpc) is 3.35. The van der Waals surface area contributed by atoms with Crippen LogP contribution in [-0.4, -0.2) is 45.9 Å². The van der Waals surface area contributed by atoms with Gasteiger partial charge in [-0.2, -0.15) is 0 Å². The quantitative estimate of drug-likeness (QED) is 0.617. The van der Waals surface area contributed by atoms with Crippen LogP contribution in [0, 0.1) is 12.3 Å². The van der Waals surface area contributed by atoms with Crippen LogP contribution in [0.15, 0.2) is 24.5 Å². The maximum atomic E-state index is 6.49. The van der Waals surface area contributed by atoms with E-state index >= 15 is 0 Å². The van der Waals surface area contributed by atoms with Gasteiger partial charge in [-0.1, -0.05) is 35.3 Å². The molecule has 4 heterocycles. The van der Waals surface area contributed by atoms with E-state index in [1.165, 1.54) is 6.42 Å². The third kappa shape index (κ3) is 2.86. The van der Waals surface area contributed by atoms with Gasteiger partial charge in [0.25, 0.3) is 0 Å². The van der Waals surface area contributed by atoms with Crippen molar-refractivity contribution >= 4 is 34.7 Å². The molecule has 2 aromatic heterocycles. The van der Waals surface area contributed by atoms with Gasteiger partial charge in [-0.25, -0.2) is 4.98 Å². The number of hydrogen-bond acceptors (Lipinski definition) is 5. The second kappa shape index (κ2) is 6.87. The van der Waals surface area contributed by atoms with Crippen LogP contribution in [0.4, 0.5) is 5.82 Å². The molecule has 5 rings (SSSR count). The number of anilines is 1. The lowest BCUT2D eigenvalue weighted by atomic mass is 9.78. The van der Waals surface area contributed by atoms with Crippen molar-refractivity contribution in [3.63, 3.8) is 0 Å². The van der Waals surface area contributed by atoms with E-state index in [2.05, 4.69) is 15.1 Å². The maximum Gasteiger partial charge on any atom is 0.204 e. The molecule has 0 saturated carbocycles. The smallest absolute Gasteiger partial charge is 0.204 e. The minimum absolute atomic E-state index is 0.351. The molecule has 0 amide bonds. The maximum absolute atomic E-state index is 6.49. The van der Waals surface area contributed by atoms with Crippen LogP contribution in [0.3, 0.4) is 0 Å². The number of halogens is 2. The van der Waals surface area contributed by atoms with Gasteiger partial charge < -0.3 is 9.64 Å². The van der Waals surface area contributed by atoms with Crippen LogP contribution in [-0.2, 0) is 4.74 Å². The first-order valence-corrected chi connectivity index (χ1v) is 10.3. The van der Waals surface area contributed by atoms with E-state index in [-0.39, 0.29) is 0 Å². The van der Waals surface area contributed by atoms with Crippen molar-refractivity contribution < 1.29 is 4.74 Å². The van der Waals surface area contributed by atoms with Crippen molar-refractivity contribution in [2.24, 2.45) is 5.41 Å². The molecule has 0 radical (unpaired) electrons. The summed E-state index contributed by atoms with van der Waals surface area (Å²) in [5.74, 6) is 0.880. The van der Waals surface area contributed by atoms with Gasteiger partial charge in [0.1, 0.15) is 6.33 Å². The minimum Gasteiger partial charge on any atom is -0.381 e. The number of nitrogens with zero attached hydrogens (tertiary/aromatic N) is 5. The number of ether oxygens (including phenoxy) is 1. The fourth-order valence-corrected chi connectivity index (χ4v) is 4.84. The Kier molecular flexibility index (Phi) is 4.45. The second-order valence-corrected chi connectivity index (χ2v) is 8.57. The molecule has 3 aromatic rings. The minimum atomic E-state index is 0.351. The number of aromatic nitrogens is 4. The topological polar surface area (TPSA) is 55.5 Å². The first kappa shape index (κ1) is 18.2. The monoisotopic (exact) mass is 417 g/mol. The summed E-state index contributed by atoms with van der Waals surface area (Å²) >= 11 is 12.7. The van der Waals surface area contributed by atoms with Crippen molar-refractivity contribution in [2.45, 2.75) is 26.2 Å². The van der Waals surface area contributed by atoms with Crippen LogP contribution in [0.2, 0.25) is 10.0 Å². The van der Waals surface area contributed by atoms with Gasteiger partial charge in [-0.15, -0.1) is 10.2 Å². The van der Waals surface area contributed by atoms with Gasteiger partial charge in [-0.05, 0) is 37.7 Å². The number of rotatable bonds is 2. The molecule has 0 unspecified atom stereocenters. The van der Waals surface area contributed by atoms with Gasteiger partial charge in [-0.3, -0.25) is 4.40 Å². The third-order valence-electron chi connectivity index (χ3n) is 6.12. The number of benzene rings is 1. The Bertz CT molecular complexity index is 1030. The molecular formula is C20H21Cl2N5O. The zero-order valence-corrected chi connectivity index (χ0v) is 17.2. The number of fused-ring (bicyclic) bond motifs is 1. The van der Waals surface area contributed by atoms with Gasteiger partial charge in [0, 0.05) is 25.3 Å². The highest BCUT2D eigenvalue weighted by molar-refractivity contribution is 6.43. The van der Waals surface area contributed by atoms with E-state index in [4.69, 9.17) is 32.9 Å². The Morgan fingerprint density at radius 2 is 1.96 bits per heavy atom. The zero-order valence-electron chi connectivity index (χ0n) is 15.7. The summed E-state index contributed by atoms with van der Waals surface area (Å²) in [4.78, 5) is 7.25. The summed E-state index contributed by atoms with van der Waals surface area (Å²) in [7, 11) is 0. The average molecular weight is 418 g/mol. The molecule has 2 saturated heterocycles. The van der Waals surface area contributed by atoms with Crippen molar-refractivity contribution in [1.82, 2.24) is 19.6 Å². The van der Waals surface area contributed by atoms with E-state index in [0.717, 1.165) is 67.6 Å². The number of hydrogen-bond donors (Lipinski definition) is 0. The first-order chi connectivity index (χ1) is 13.6. The van der Waals surface area contributed by atoms with E-state index in [1.807, 2.05) is 23.5 Å². The van der Waals surface area contributed by atoms with Crippen molar-refractivity contribution in [3.05, 3.63) is 40.3 Å². The fourth-order valence-electron chi connectivity index (χ4n) is 4.45. The molecule has 1 aromatic carbocycles. The van der Waals surface area contributed by atoms with Gasteiger partial charge in [0.15, 0.2) is 5.82 Å². The molecule has 8 heteroatoms. The zero-order chi connectivity index (χ0) is 19.3. The van der Waals surface area contributed by atoms with E-state index in [1.54, 1.807) is 12.4 Å². The Labute approximate surface area is 173 Å². The SMILES string of the molecule is Cc1nc(N2CCC3(CCOC3)CC2)c2nncn2c1-c1cccc(Cl)c1Cl. The molecule has 6 nitrogen and oxygen atoms in total. The van der Waals surface area contributed by atoms with Crippen LogP contribution < -0.4 is 4.90 Å². The van der Waals surface area contributed by atoms with Crippen molar-refractivity contribution in [1.29, 1.82) is 0 Å². The standard InChI is InChI=1S/C20H21Cl2N5O/c1-13-17(14-3-2-4-15(21)16(14)22)27-12-23-25-19(27)18(24-13)26-8-5-20(6-9-26)7-10-28-11-20/h2-4,12H,5-11H2,1H3. The molecule has 2 aliphatic heterocycles. The number of piperidine rings is 1. The molecule has 1 spiro atoms. The Morgan fingerprint density at radius 1 is 1.14 bits per heavy atom. The van der Waals surface area contributed by atoms with Crippen LogP contribution in [0.5, 0.6) is 0 Å². The van der Waals surface area contributed by atoms with Crippen molar-refractivity contribution in [2.75, 3.05) is 31.2 Å². The highest BCUT2D eigenvalue weighted by Gasteiger charge is 2.38. The van der Waals surface area contributed by atoms with Crippen LogP contribution in [0.25, 0.3) is 16.9 Å². The lowest BCUT2D eigenvalue weighted by Crippen LogP contribution is -2.41. The highest BCUT2D eigenvalue weighted by atomic mass is 35.5. The molecule has 0 atom stereocenters. The highest BCUT2D eigenvalue weighted by Crippen LogP contribution is 2.41. The van der Waals surface area contributed by atoms with E-state index < -0.39 is 0 Å². The molecule has 0 aliphatic carbocycles. The van der Waals surface area contributed by atoms with Gasteiger partial charge >= 0.3 is 0 Å². The number of aryl methyl sites for hydroxylation is 1. The summed E-state index contributed by atoms with van der Waals surface area (Å²) in [6.45, 7) is 5.68. The molecule has 2 aliphatic rings. The summed E-state index contributed by atoms with van der Waals surface area (Å²) in [6, 6.07) is 5.62. The van der Waals surface area contributed by atoms with Gasteiger partial charge in [0.05, 0.1) is 28.0 Å². The first-order valence-electron chi connectivity index (χ1n) is 9.55. The molecule has 0 N–H and O–H groups in total. The normalized spacial score (nSPS) is 19.0. The Hall–Kier alpha value is -1.89. The van der Waals surface area contributed by atoms with E-state index in [9.17, 15) is 0 Å². The Morgan fingerprint density at radius 3 is 2.71 bits per heavy atom. The molecular weight excluding hydrogens is 397 g/mol. The van der Waals surface area contributed by atoms with Crippen LogP contribution in [0.1, 0.15) is 25.0 Å². The summed E-state index contributed by atoms with van der Waals surface area (Å²) in [5, 5.41) is 9.56. The largest absolute Gasteiger partial charge is 0.381 e. The summed E-state index contributed by atoms with van der Waals surface area (Å²) in [6.07, 6.45) is 5.13. The molecule has 146 valence electrons. The predicted octanol–water partition coefficient (Wildman–Crippen LogP) is 4.41. The molecule has 28 heavy (non-hydrogen) atoms. The molecule has 2 fully saturated rings. The van der Waals surface area contributed by atoms with Crippen LogP contribution >= 0.6 is 23.2 Å². The second-order valence-electron chi connectivity index (χ2n) is 7.78. The van der Waals surface area contributed by atoms with Crippen molar-refractivity contribution in [3.8, 4) is 11.3 Å².